The van der Waals surface area contributed by atoms with Crippen LogP contribution in [-0.4, -0.2) is 45.7 Å². The van der Waals surface area contributed by atoms with E-state index < -0.39 is 21.8 Å². The molecule has 0 aromatic heterocycles. The largest absolute Gasteiger partial charge is 0.484 e. The molecule has 0 bridgehead atoms. The Morgan fingerprint density at radius 3 is 2.91 bits per heavy atom. The minimum absolute atomic E-state index is 0.124. The highest BCUT2D eigenvalue weighted by atomic mass is 32.2. The fraction of sp³-hybridized carbons (Fsp3) is 0.467. The van der Waals surface area contributed by atoms with Crippen molar-refractivity contribution in [2.75, 3.05) is 19.4 Å². The number of sulfone groups is 1. The molecule has 1 atom stereocenters. The van der Waals surface area contributed by atoms with Gasteiger partial charge < -0.3 is 15.4 Å². The Morgan fingerprint density at radius 2 is 2.17 bits per heavy atom. The second-order valence-corrected chi connectivity index (χ2v) is 7.46. The maximum absolute atomic E-state index is 11.9. The third kappa shape index (κ3) is 5.24. The molecule has 7 nitrogen and oxygen atoms in total. The van der Waals surface area contributed by atoms with Gasteiger partial charge in [0, 0.05) is 12.8 Å². The quantitative estimate of drug-likeness (QED) is 0.800. The molecule has 0 unspecified atom stereocenters. The van der Waals surface area contributed by atoms with Crippen molar-refractivity contribution in [3.05, 3.63) is 24.3 Å². The number of carbonyl (C=O) groups excluding carboxylic acids is 2. The standard InChI is InChI=1S/C15H20N2O5S/c1-23(20,21)12-6-4-5-11(9-12)22-10-14(18)17-13-7-2-3-8-16-15(13)19/h4-6,9,13H,2-3,7-8,10H2,1H3,(H,16,19)(H,17,18)/t13-/m0/s1. The van der Waals surface area contributed by atoms with Gasteiger partial charge in [0.1, 0.15) is 11.8 Å². The van der Waals surface area contributed by atoms with Gasteiger partial charge >= 0.3 is 0 Å². The van der Waals surface area contributed by atoms with Crippen molar-refractivity contribution in [2.45, 2.75) is 30.2 Å². The van der Waals surface area contributed by atoms with Crippen molar-refractivity contribution in [1.82, 2.24) is 10.6 Å². The van der Waals surface area contributed by atoms with Gasteiger partial charge in [0.2, 0.25) is 5.91 Å². The fourth-order valence-corrected chi connectivity index (χ4v) is 2.91. The third-order valence-corrected chi connectivity index (χ3v) is 4.58. The van der Waals surface area contributed by atoms with E-state index in [1.807, 2.05) is 0 Å². The smallest absolute Gasteiger partial charge is 0.258 e. The fourth-order valence-electron chi connectivity index (χ4n) is 2.26. The zero-order chi connectivity index (χ0) is 16.9. The van der Waals surface area contributed by atoms with Crippen LogP contribution >= 0.6 is 0 Å². The summed E-state index contributed by atoms with van der Waals surface area (Å²) in [7, 11) is -3.33. The van der Waals surface area contributed by atoms with Gasteiger partial charge in [-0.15, -0.1) is 0 Å². The van der Waals surface area contributed by atoms with Crippen LogP contribution in [0.4, 0.5) is 0 Å². The first-order valence-corrected chi connectivity index (χ1v) is 9.25. The van der Waals surface area contributed by atoms with Crippen LogP contribution in [0.2, 0.25) is 0 Å². The molecule has 2 N–H and O–H groups in total. The van der Waals surface area contributed by atoms with Crippen molar-refractivity contribution in [1.29, 1.82) is 0 Å². The highest BCUT2D eigenvalue weighted by Crippen LogP contribution is 2.17. The average molecular weight is 340 g/mol. The molecule has 1 saturated heterocycles. The van der Waals surface area contributed by atoms with Crippen LogP contribution in [0.5, 0.6) is 5.75 Å². The van der Waals surface area contributed by atoms with E-state index in [2.05, 4.69) is 10.6 Å². The number of benzene rings is 1. The molecule has 0 saturated carbocycles. The molecule has 0 radical (unpaired) electrons. The van der Waals surface area contributed by atoms with Crippen LogP contribution in [0.1, 0.15) is 19.3 Å². The van der Waals surface area contributed by atoms with Gasteiger partial charge in [-0.05, 0) is 37.5 Å². The number of hydrogen-bond donors (Lipinski definition) is 2. The van der Waals surface area contributed by atoms with Crippen molar-refractivity contribution < 1.29 is 22.7 Å². The summed E-state index contributed by atoms with van der Waals surface area (Å²) in [5.41, 5.74) is 0. The normalized spacial score (nSPS) is 18.7. The van der Waals surface area contributed by atoms with Crippen LogP contribution in [-0.2, 0) is 19.4 Å². The van der Waals surface area contributed by atoms with Crippen molar-refractivity contribution in [3.63, 3.8) is 0 Å². The van der Waals surface area contributed by atoms with Crippen LogP contribution < -0.4 is 15.4 Å². The molecule has 23 heavy (non-hydrogen) atoms. The van der Waals surface area contributed by atoms with E-state index in [-0.39, 0.29) is 23.2 Å². The van der Waals surface area contributed by atoms with E-state index in [0.29, 0.717) is 13.0 Å². The third-order valence-electron chi connectivity index (χ3n) is 3.47. The number of ether oxygens (including phenoxy) is 1. The molecule has 2 amide bonds. The van der Waals surface area contributed by atoms with Crippen molar-refractivity contribution in [3.8, 4) is 5.75 Å². The van der Waals surface area contributed by atoms with E-state index in [1.54, 1.807) is 12.1 Å². The predicted octanol–water partition coefficient (Wildman–Crippen LogP) is 0.254. The van der Waals surface area contributed by atoms with E-state index in [9.17, 15) is 18.0 Å². The average Bonchev–Trinajstić information content (AvgIpc) is 2.70. The molecule has 8 heteroatoms. The maximum Gasteiger partial charge on any atom is 0.258 e. The van der Waals surface area contributed by atoms with Crippen LogP contribution in [0.3, 0.4) is 0 Å². The lowest BCUT2D eigenvalue weighted by Crippen LogP contribution is -2.46. The van der Waals surface area contributed by atoms with E-state index in [0.717, 1.165) is 19.1 Å². The first-order chi connectivity index (χ1) is 10.9. The highest BCUT2D eigenvalue weighted by molar-refractivity contribution is 7.90. The number of amides is 2. The maximum atomic E-state index is 11.9. The number of carbonyl (C=O) groups is 2. The monoisotopic (exact) mass is 340 g/mol. The van der Waals surface area contributed by atoms with Gasteiger partial charge in [-0.3, -0.25) is 9.59 Å². The van der Waals surface area contributed by atoms with E-state index in [1.165, 1.54) is 12.1 Å². The Labute approximate surface area is 135 Å². The molecule has 1 aromatic carbocycles. The Balaban J connectivity index is 1.90. The van der Waals surface area contributed by atoms with E-state index in [4.69, 9.17) is 4.74 Å². The Morgan fingerprint density at radius 1 is 1.39 bits per heavy atom. The highest BCUT2D eigenvalue weighted by Gasteiger charge is 2.22. The van der Waals surface area contributed by atoms with E-state index >= 15 is 0 Å². The molecule has 1 fully saturated rings. The zero-order valence-electron chi connectivity index (χ0n) is 12.9. The number of hydrogen-bond acceptors (Lipinski definition) is 5. The van der Waals surface area contributed by atoms with Crippen molar-refractivity contribution in [2.24, 2.45) is 0 Å². The lowest BCUT2D eigenvalue weighted by molar-refractivity contribution is -0.129. The predicted molar refractivity (Wildman–Crippen MR) is 83.8 cm³/mol. The van der Waals surface area contributed by atoms with Gasteiger partial charge in [-0.25, -0.2) is 8.42 Å². The summed E-state index contributed by atoms with van der Waals surface area (Å²) in [5.74, 6) is -0.319. The lowest BCUT2D eigenvalue weighted by Gasteiger charge is -2.15. The van der Waals surface area contributed by atoms with Crippen molar-refractivity contribution >= 4 is 21.7 Å². The van der Waals surface area contributed by atoms with Gasteiger partial charge in [0.15, 0.2) is 16.4 Å². The first-order valence-electron chi connectivity index (χ1n) is 7.36. The molecule has 1 aliphatic rings. The molecule has 2 rings (SSSR count). The van der Waals surface area contributed by atoms with Gasteiger partial charge in [0.05, 0.1) is 4.90 Å². The Hall–Kier alpha value is -2.09. The molecule has 0 spiro atoms. The summed E-state index contributed by atoms with van der Waals surface area (Å²) < 4.78 is 28.3. The van der Waals surface area contributed by atoms with Crippen LogP contribution in [0.25, 0.3) is 0 Å². The minimum atomic E-state index is -3.33. The SMILES string of the molecule is CS(=O)(=O)c1cccc(OCC(=O)N[C@H]2CCCCNC2=O)c1. The molecule has 1 heterocycles. The number of nitrogens with one attached hydrogen (secondary N) is 2. The second-order valence-electron chi connectivity index (χ2n) is 5.44. The minimum Gasteiger partial charge on any atom is -0.484 e. The van der Waals surface area contributed by atoms with Gasteiger partial charge in [-0.2, -0.15) is 0 Å². The molecule has 126 valence electrons. The Kier molecular flexibility index (Phi) is 5.59. The number of rotatable bonds is 5. The summed E-state index contributed by atoms with van der Waals surface area (Å²) in [6.45, 7) is 0.344. The summed E-state index contributed by atoms with van der Waals surface area (Å²) in [4.78, 5) is 23.8. The lowest BCUT2D eigenvalue weighted by atomic mass is 10.1. The molecule has 0 aliphatic carbocycles. The second kappa shape index (κ2) is 7.45. The topological polar surface area (TPSA) is 102 Å². The Bertz CT molecular complexity index is 687. The summed E-state index contributed by atoms with van der Waals surface area (Å²) in [5, 5.41) is 5.37. The molecule has 1 aliphatic heterocycles. The molecular formula is C15H20N2O5S. The molecular weight excluding hydrogens is 320 g/mol. The summed E-state index contributed by atoms with van der Waals surface area (Å²) in [6, 6.07) is 5.39. The molecule has 1 aromatic rings. The zero-order valence-corrected chi connectivity index (χ0v) is 13.7. The van der Waals surface area contributed by atoms with Gasteiger partial charge in [0.25, 0.3) is 5.91 Å². The summed E-state index contributed by atoms with van der Waals surface area (Å²) >= 11 is 0. The first kappa shape index (κ1) is 17.3. The summed E-state index contributed by atoms with van der Waals surface area (Å²) in [6.07, 6.45) is 3.46. The van der Waals surface area contributed by atoms with Gasteiger partial charge in [-0.1, -0.05) is 6.07 Å². The van der Waals surface area contributed by atoms with Crippen LogP contribution in [0.15, 0.2) is 29.2 Å². The van der Waals surface area contributed by atoms with Crippen LogP contribution in [0, 0.1) is 0 Å².